The number of amides is 2. The van der Waals surface area contributed by atoms with E-state index in [0.717, 1.165) is 36.2 Å². The summed E-state index contributed by atoms with van der Waals surface area (Å²) in [5.74, 6) is -0.715. The van der Waals surface area contributed by atoms with Crippen LogP contribution in [0.15, 0.2) is 48.0 Å². The Morgan fingerprint density at radius 1 is 1.04 bits per heavy atom. The fraction of sp³-hybridized carbons (Fsp3) is 0.222. The number of nitrogens with one attached hydrogen (secondary N) is 1. The predicted molar refractivity (Wildman–Crippen MR) is 97.4 cm³/mol. The van der Waals surface area contributed by atoms with E-state index < -0.39 is 0 Å². The number of anilines is 2. The lowest BCUT2D eigenvalue weighted by Gasteiger charge is -2.27. The molecule has 0 atom stereocenters. The van der Waals surface area contributed by atoms with E-state index in [0.29, 0.717) is 5.69 Å². The first-order chi connectivity index (χ1) is 12.2. The molecule has 0 aliphatic carbocycles. The number of hydrazine groups is 1. The molecule has 2 aliphatic heterocycles. The van der Waals surface area contributed by atoms with Gasteiger partial charge in [0.15, 0.2) is 0 Å². The van der Waals surface area contributed by atoms with Crippen LogP contribution in [0.3, 0.4) is 0 Å². The number of para-hydroxylation sites is 1. The Bertz CT molecular complexity index is 825. The molecule has 2 aromatic rings. The number of carbonyl (C=O) groups is 2. The van der Waals surface area contributed by atoms with Gasteiger partial charge in [-0.3, -0.25) is 15.0 Å². The summed E-state index contributed by atoms with van der Waals surface area (Å²) in [4.78, 5) is 27.9. The van der Waals surface area contributed by atoms with Crippen LogP contribution in [0, 0.1) is 0 Å². The Kier molecular flexibility index (Phi) is 4.25. The molecule has 0 radical (unpaired) electrons. The van der Waals surface area contributed by atoms with Crippen LogP contribution in [0.5, 0.6) is 0 Å². The maximum atomic E-state index is 12.6. The molecule has 2 amide bonds. The zero-order valence-corrected chi connectivity index (χ0v) is 14.3. The van der Waals surface area contributed by atoms with Crippen LogP contribution < -0.4 is 15.3 Å². The van der Waals surface area contributed by atoms with Crippen LogP contribution in [0.1, 0.15) is 4.88 Å². The molecule has 2 aliphatic rings. The molecule has 1 aromatic heterocycles. The lowest BCUT2D eigenvalue weighted by molar-refractivity contribution is -0.117. The van der Waals surface area contributed by atoms with E-state index in [1.807, 2.05) is 30.3 Å². The first-order valence-electron chi connectivity index (χ1n) is 8.07. The second-order valence-electron chi connectivity index (χ2n) is 5.75. The van der Waals surface area contributed by atoms with Crippen molar-refractivity contribution in [2.24, 2.45) is 0 Å². The molecule has 6 nitrogen and oxygen atoms in total. The van der Waals surface area contributed by atoms with Crippen molar-refractivity contribution < 1.29 is 14.3 Å². The van der Waals surface area contributed by atoms with Gasteiger partial charge < -0.3 is 9.64 Å². The van der Waals surface area contributed by atoms with Gasteiger partial charge in [-0.25, -0.2) is 5.01 Å². The molecule has 7 heteroatoms. The van der Waals surface area contributed by atoms with E-state index in [1.54, 1.807) is 29.5 Å². The monoisotopic (exact) mass is 355 g/mol. The Hall–Kier alpha value is -2.64. The van der Waals surface area contributed by atoms with Crippen molar-refractivity contribution in [2.75, 3.05) is 36.2 Å². The molecule has 0 spiro atoms. The number of hydrogen-bond donors (Lipinski definition) is 1. The Morgan fingerprint density at radius 3 is 2.56 bits per heavy atom. The fourth-order valence-electron chi connectivity index (χ4n) is 2.83. The van der Waals surface area contributed by atoms with Crippen LogP contribution in [0.25, 0.3) is 6.08 Å². The van der Waals surface area contributed by atoms with Crippen molar-refractivity contribution in [3.05, 3.63) is 52.9 Å². The molecule has 25 heavy (non-hydrogen) atoms. The van der Waals surface area contributed by atoms with Crippen LogP contribution in [0.4, 0.5) is 10.7 Å². The molecule has 1 aromatic carbocycles. The van der Waals surface area contributed by atoms with Gasteiger partial charge in [-0.2, -0.15) is 0 Å². The highest BCUT2D eigenvalue weighted by atomic mass is 32.1. The minimum absolute atomic E-state index is 0.152. The third-order valence-corrected chi connectivity index (χ3v) is 5.22. The summed E-state index contributed by atoms with van der Waals surface area (Å²) in [6, 6.07) is 13.0. The molecule has 4 rings (SSSR count). The summed E-state index contributed by atoms with van der Waals surface area (Å²) in [5.41, 5.74) is 3.41. The zero-order valence-electron chi connectivity index (χ0n) is 13.5. The quantitative estimate of drug-likeness (QED) is 0.676. The van der Waals surface area contributed by atoms with Gasteiger partial charge in [0.1, 0.15) is 5.57 Å². The third kappa shape index (κ3) is 3.16. The molecule has 0 unspecified atom stereocenters. The van der Waals surface area contributed by atoms with Gasteiger partial charge in [-0.1, -0.05) is 18.2 Å². The lowest BCUT2D eigenvalue weighted by atomic mass is 10.2. The summed E-state index contributed by atoms with van der Waals surface area (Å²) in [5, 5.41) is 2.41. The summed E-state index contributed by atoms with van der Waals surface area (Å²) < 4.78 is 5.37. The molecule has 2 fully saturated rings. The molecule has 0 saturated carbocycles. The van der Waals surface area contributed by atoms with Gasteiger partial charge in [0.25, 0.3) is 11.8 Å². The smallest absolute Gasteiger partial charge is 0.282 e. The van der Waals surface area contributed by atoms with Crippen molar-refractivity contribution >= 4 is 39.9 Å². The number of nitrogens with zero attached hydrogens (tertiary/aromatic N) is 2. The molecule has 128 valence electrons. The van der Waals surface area contributed by atoms with Crippen molar-refractivity contribution in [3.63, 3.8) is 0 Å². The summed E-state index contributed by atoms with van der Waals surface area (Å²) >= 11 is 1.57. The number of benzene rings is 1. The average Bonchev–Trinajstić information content (AvgIpc) is 3.23. The van der Waals surface area contributed by atoms with Crippen molar-refractivity contribution in [1.82, 2.24) is 5.43 Å². The number of rotatable bonds is 3. The largest absolute Gasteiger partial charge is 0.378 e. The van der Waals surface area contributed by atoms with Gasteiger partial charge in [-0.15, -0.1) is 11.3 Å². The highest BCUT2D eigenvalue weighted by Gasteiger charge is 2.34. The first-order valence-corrected chi connectivity index (χ1v) is 8.89. The second kappa shape index (κ2) is 6.70. The van der Waals surface area contributed by atoms with E-state index in [9.17, 15) is 9.59 Å². The third-order valence-electron chi connectivity index (χ3n) is 4.13. The van der Waals surface area contributed by atoms with E-state index >= 15 is 0 Å². The molecular formula is C18H17N3O3S. The Balaban J connectivity index is 1.56. The van der Waals surface area contributed by atoms with Crippen LogP contribution in [-0.2, 0) is 14.3 Å². The van der Waals surface area contributed by atoms with Crippen molar-refractivity contribution in [1.29, 1.82) is 0 Å². The predicted octanol–water partition coefficient (Wildman–Crippen LogP) is 2.05. The number of morpholine rings is 1. The molecule has 1 N–H and O–H groups in total. The summed E-state index contributed by atoms with van der Waals surface area (Å²) in [6.07, 6.45) is 1.66. The molecule has 3 heterocycles. The van der Waals surface area contributed by atoms with Gasteiger partial charge in [0.2, 0.25) is 0 Å². The van der Waals surface area contributed by atoms with Crippen molar-refractivity contribution in [2.45, 2.75) is 0 Å². The molecule has 2 saturated heterocycles. The van der Waals surface area contributed by atoms with E-state index in [1.165, 1.54) is 5.01 Å². The summed E-state index contributed by atoms with van der Waals surface area (Å²) in [6.45, 7) is 3.16. The SMILES string of the molecule is O=C1NN(c2ccccc2)C(=O)C1=Cc1ccc(N2CCOCC2)s1. The highest BCUT2D eigenvalue weighted by Crippen LogP contribution is 2.29. The van der Waals surface area contributed by atoms with E-state index in [4.69, 9.17) is 4.74 Å². The maximum Gasteiger partial charge on any atom is 0.282 e. The zero-order chi connectivity index (χ0) is 17.2. The maximum absolute atomic E-state index is 12.6. The standard InChI is InChI=1S/C18H17N3O3S/c22-17-15(18(23)21(19-17)13-4-2-1-3-5-13)12-14-6-7-16(25-14)20-8-10-24-11-9-20/h1-7,12H,8-11H2,(H,19,22). The second-order valence-corrected chi connectivity index (χ2v) is 6.84. The van der Waals surface area contributed by atoms with Crippen LogP contribution in [0.2, 0.25) is 0 Å². The fourth-order valence-corrected chi connectivity index (χ4v) is 3.83. The van der Waals surface area contributed by atoms with Crippen LogP contribution in [-0.4, -0.2) is 38.1 Å². The normalized spacial score (nSPS) is 19.6. The van der Waals surface area contributed by atoms with Gasteiger partial charge in [-0.05, 0) is 30.3 Å². The minimum atomic E-state index is -0.379. The number of ether oxygens (including phenoxy) is 1. The first kappa shape index (κ1) is 15.9. The van der Waals surface area contributed by atoms with Crippen molar-refractivity contribution in [3.8, 4) is 0 Å². The topological polar surface area (TPSA) is 61.9 Å². The minimum Gasteiger partial charge on any atom is -0.378 e. The number of hydrogen-bond acceptors (Lipinski definition) is 5. The van der Waals surface area contributed by atoms with E-state index in [-0.39, 0.29) is 17.4 Å². The highest BCUT2D eigenvalue weighted by molar-refractivity contribution is 7.17. The average molecular weight is 355 g/mol. The van der Waals surface area contributed by atoms with Gasteiger partial charge in [0.05, 0.1) is 23.9 Å². The van der Waals surface area contributed by atoms with Gasteiger partial charge in [0, 0.05) is 18.0 Å². The number of thiophene rings is 1. The van der Waals surface area contributed by atoms with Crippen LogP contribution >= 0.6 is 11.3 Å². The van der Waals surface area contributed by atoms with E-state index in [2.05, 4.69) is 10.3 Å². The molecule has 0 bridgehead atoms. The number of carbonyl (C=O) groups excluding carboxylic acids is 2. The Labute approximate surface area is 149 Å². The van der Waals surface area contributed by atoms with Gasteiger partial charge >= 0.3 is 0 Å². The molecular weight excluding hydrogens is 338 g/mol. The summed E-state index contributed by atoms with van der Waals surface area (Å²) in [7, 11) is 0. The Morgan fingerprint density at radius 2 is 1.80 bits per heavy atom. The lowest BCUT2D eigenvalue weighted by Crippen LogP contribution is -2.35.